The van der Waals surface area contributed by atoms with Gasteiger partial charge in [0.2, 0.25) is 5.95 Å². The molecule has 0 fully saturated rings. The van der Waals surface area contributed by atoms with Crippen molar-refractivity contribution >= 4 is 11.5 Å². The molecule has 0 amide bonds. The molecular formula is C14H14FN5. The number of fused-ring (bicyclic) bond motifs is 1. The molecule has 3 aromatic rings. The SMILES string of the molecule is CC(C)c1ccc(-c2cc(F)c3cnc(N)nn23)nc1. The number of pyridine rings is 1. The topological polar surface area (TPSA) is 69.1 Å². The van der Waals surface area contributed by atoms with Gasteiger partial charge in [-0.3, -0.25) is 4.98 Å². The van der Waals surface area contributed by atoms with Crippen LogP contribution in [0.1, 0.15) is 25.3 Å². The lowest BCUT2D eigenvalue weighted by atomic mass is 10.1. The molecule has 3 heterocycles. The molecule has 0 radical (unpaired) electrons. The Morgan fingerprint density at radius 2 is 2.00 bits per heavy atom. The van der Waals surface area contributed by atoms with E-state index in [1.54, 1.807) is 6.20 Å². The second-order valence-electron chi connectivity index (χ2n) is 4.92. The molecule has 102 valence electrons. The van der Waals surface area contributed by atoms with E-state index in [2.05, 4.69) is 28.9 Å². The molecule has 3 rings (SSSR count). The zero-order chi connectivity index (χ0) is 14.3. The van der Waals surface area contributed by atoms with Gasteiger partial charge < -0.3 is 5.73 Å². The first-order valence-electron chi connectivity index (χ1n) is 6.32. The van der Waals surface area contributed by atoms with Gasteiger partial charge in [-0.05, 0) is 17.5 Å². The normalized spacial score (nSPS) is 11.4. The van der Waals surface area contributed by atoms with Gasteiger partial charge in [0.15, 0.2) is 5.82 Å². The monoisotopic (exact) mass is 271 g/mol. The number of hydrogen-bond acceptors (Lipinski definition) is 4. The van der Waals surface area contributed by atoms with Crippen molar-refractivity contribution in [2.45, 2.75) is 19.8 Å². The lowest BCUT2D eigenvalue weighted by molar-refractivity contribution is 0.638. The van der Waals surface area contributed by atoms with Crippen molar-refractivity contribution in [1.29, 1.82) is 0 Å². The fourth-order valence-electron chi connectivity index (χ4n) is 2.05. The summed E-state index contributed by atoms with van der Waals surface area (Å²) in [7, 11) is 0. The number of hydrogen-bond donors (Lipinski definition) is 1. The number of nitrogens with two attached hydrogens (primary N) is 1. The maximum absolute atomic E-state index is 13.9. The van der Waals surface area contributed by atoms with E-state index in [1.807, 2.05) is 12.1 Å². The molecule has 0 aliphatic heterocycles. The van der Waals surface area contributed by atoms with E-state index in [1.165, 1.54) is 16.8 Å². The highest BCUT2D eigenvalue weighted by molar-refractivity contribution is 5.64. The third kappa shape index (κ3) is 1.99. The Labute approximate surface area is 115 Å². The Hall–Kier alpha value is -2.50. The van der Waals surface area contributed by atoms with E-state index in [4.69, 9.17) is 5.73 Å². The van der Waals surface area contributed by atoms with Gasteiger partial charge >= 0.3 is 0 Å². The number of nitrogens with zero attached hydrogens (tertiary/aromatic N) is 4. The second-order valence-corrected chi connectivity index (χ2v) is 4.92. The number of anilines is 1. The minimum atomic E-state index is -0.394. The van der Waals surface area contributed by atoms with Crippen LogP contribution in [0.3, 0.4) is 0 Å². The Balaban J connectivity index is 2.16. The molecular weight excluding hydrogens is 257 g/mol. The minimum absolute atomic E-state index is 0.0909. The fourth-order valence-corrected chi connectivity index (χ4v) is 2.05. The quantitative estimate of drug-likeness (QED) is 0.778. The molecule has 20 heavy (non-hydrogen) atoms. The Bertz CT molecular complexity index is 761. The van der Waals surface area contributed by atoms with E-state index in [-0.39, 0.29) is 11.5 Å². The summed E-state index contributed by atoms with van der Waals surface area (Å²) in [6.45, 7) is 4.19. The van der Waals surface area contributed by atoms with Crippen LogP contribution < -0.4 is 5.73 Å². The molecule has 0 saturated heterocycles. The van der Waals surface area contributed by atoms with E-state index < -0.39 is 5.82 Å². The molecule has 0 aromatic carbocycles. The molecule has 0 atom stereocenters. The summed E-state index contributed by atoms with van der Waals surface area (Å²) < 4.78 is 15.3. The summed E-state index contributed by atoms with van der Waals surface area (Å²) in [5, 5.41) is 4.03. The third-order valence-corrected chi connectivity index (χ3v) is 3.20. The van der Waals surface area contributed by atoms with Crippen LogP contribution in [0.15, 0.2) is 30.6 Å². The van der Waals surface area contributed by atoms with Gasteiger partial charge in [0.25, 0.3) is 0 Å². The highest BCUT2D eigenvalue weighted by Gasteiger charge is 2.13. The Morgan fingerprint density at radius 3 is 2.65 bits per heavy atom. The van der Waals surface area contributed by atoms with Crippen LogP contribution in [-0.2, 0) is 0 Å². The molecule has 5 nitrogen and oxygen atoms in total. The van der Waals surface area contributed by atoms with Gasteiger partial charge in [-0.2, -0.15) is 0 Å². The van der Waals surface area contributed by atoms with Crippen molar-refractivity contribution in [3.05, 3.63) is 42.0 Å². The molecule has 0 bridgehead atoms. The average Bonchev–Trinajstić information content (AvgIpc) is 2.75. The second kappa shape index (κ2) is 4.56. The molecule has 0 aliphatic carbocycles. The number of halogens is 1. The van der Waals surface area contributed by atoms with Gasteiger partial charge in [-0.25, -0.2) is 13.9 Å². The maximum atomic E-state index is 13.9. The molecule has 0 spiro atoms. The van der Waals surface area contributed by atoms with E-state index >= 15 is 0 Å². The summed E-state index contributed by atoms with van der Waals surface area (Å²) >= 11 is 0. The first-order chi connectivity index (χ1) is 9.56. The highest BCUT2D eigenvalue weighted by atomic mass is 19.1. The van der Waals surface area contributed by atoms with E-state index in [0.717, 1.165) is 5.56 Å². The third-order valence-electron chi connectivity index (χ3n) is 3.20. The van der Waals surface area contributed by atoms with E-state index in [0.29, 0.717) is 17.3 Å². The van der Waals surface area contributed by atoms with Crippen molar-refractivity contribution in [3.63, 3.8) is 0 Å². The first-order valence-corrected chi connectivity index (χ1v) is 6.32. The zero-order valence-corrected chi connectivity index (χ0v) is 11.2. The molecule has 6 heteroatoms. The summed E-state index contributed by atoms with van der Waals surface area (Å²) in [5.41, 5.74) is 8.17. The van der Waals surface area contributed by atoms with Gasteiger partial charge in [0, 0.05) is 12.3 Å². The molecule has 0 saturated carbocycles. The largest absolute Gasteiger partial charge is 0.367 e. The fraction of sp³-hybridized carbons (Fsp3) is 0.214. The molecule has 0 unspecified atom stereocenters. The summed E-state index contributed by atoms with van der Waals surface area (Å²) in [5.74, 6) is 0.0956. The number of aromatic nitrogens is 4. The van der Waals surface area contributed by atoms with Crippen LogP contribution in [0.2, 0.25) is 0 Å². The lowest BCUT2D eigenvalue weighted by Gasteiger charge is -2.06. The number of rotatable bonds is 2. The predicted octanol–water partition coefficient (Wildman–Crippen LogP) is 2.64. The number of nitrogen functional groups attached to an aromatic ring is 1. The van der Waals surface area contributed by atoms with Crippen LogP contribution in [0.4, 0.5) is 10.3 Å². The summed E-state index contributed by atoms with van der Waals surface area (Å²) in [4.78, 5) is 8.17. The van der Waals surface area contributed by atoms with Crippen LogP contribution in [0.5, 0.6) is 0 Å². The van der Waals surface area contributed by atoms with Gasteiger partial charge in [-0.15, -0.1) is 5.10 Å². The van der Waals surface area contributed by atoms with E-state index in [9.17, 15) is 4.39 Å². The average molecular weight is 271 g/mol. The maximum Gasteiger partial charge on any atom is 0.238 e. The smallest absolute Gasteiger partial charge is 0.238 e. The lowest BCUT2D eigenvalue weighted by Crippen LogP contribution is -2.02. The highest BCUT2D eigenvalue weighted by Crippen LogP contribution is 2.24. The van der Waals surface area contributed by atoms with Crippen LogP contribution in [0, 0.1) is 5.82 Å². The van der Waals surface area contributed by atoms with Crippen molar-refractivity contribution in [3.8, 4) is 11.4 Å². The van der Waals surface area contributed by atoms with Crippen molar-refractivity contribution in [1.82, 2.24) is 19.6 Å². The van der Waals surface area contributed by atoms with Crippen LogP contribution in [0.25, 0.3) is 16.9 Å². The van der Waals surface area contributed by atoms with Crippen LogP contribution >= 0.6 is 0 Å². The molecule has 2 N–H and O–H groups in total. The van der Waals surface area contributed by atoms with Gasteiger partial charge in [-0.1, -0.05) is 19.9 Å². The predicted molar refractivity (Wildman–Crippen MR) is 74.7 cm³/mol. The standard InChI is InChI=1S/C14H14FN5/c1-8(2)9-3-4-11(17-6-9)12-5-10(15)13-7-18-14(16)19-20(12)13/h3-8H,1-2H3,(H2,16,19). The molecule has 3 aromatic heterocycles. The summed E-state index contributed by atoms with van der Waals surface area (Å²) in [6.07, 6.45) is 3.16. The Morgan fingerprint density at radius 1 is 1.20 bits per heavy atom. The Kier molecular flexibility index (Phi) is 2.85. The summed E-state index contributed by atoms with van der Waals surface area (Å²) in [6, 6.07) is 5.23. The van der Waals surface area contributed by atoms with Crippen molar-refractivity contribution in [2.24, 2.45) is 0 Å². The van der Waals surface area contributed by atoms with Crippen molar-refractivity contribution in [2.75, 3.05) is 5.73 Å². The zero-order valence-electron chi connectivity index (χ0n) is 11.2. The first kappa shape index (κ1) is 12.5. The van der Waals surface area contributed by atoms with Crippen molar-refractivity contribution < 1.29 is 4.39 Å². The van der Waals surface area contributed by atoms with Crippen LogP contribution in [-0.4, -0.2) is 19.6 Å². The molecule has 0 aliphatic rings. The minimum Gasteiger partial charge on any atom is -0.367 e. The van der Waals surface area contributed by atoms with Gasteiger partial charge in [0.05, 0.1) is 17.6 Å². The van der Waals surface area contributed by atoms with Gasteiger partial charge in [0.1, 0.15) is 5.52 Å².